The molecule has 3 heterocycles. The SMILES string of the molecule is O=C(c1cccnc1F)N1CCC(n2c(=O)[nH]c3ccccc32)CC1. The van der Waals surface area contributed by atoms with Gasteiger partial charge in [0.1, 0.15) is 0 Å². The molecule has 128 valence electrons. The number of hydrogen-bond acceptors (Lipinski definition) is 3. The Morgan fingerprint density at radius 3 is 2.68 bits per heavy atom. The van der Waals surface area contributed by atoms with Gasteiger partial charge in [-0.15, -0.1) is 0 Å². The summed E-state index contributed by atoms with van der Waals surface area (Å²) in [6.45, 7) is 0.952. The molecule has 2 aromatic heterocycles. The lowest BCUT2D eigenvalue weighted by Gasteiger charge is -2.32. The van der Waals surface area contributed by atoms with Crippen molar-refractivity contribution < 1.29 is 9.18 Å². The zero-order valence-corrected chi connectivity index (χ0v) is 13.5. The molecule has 25 heavy (non-hydrogen) atoms. The largest absolute Gasteiger partial charge is 0.338 e. The minimum Gasteiger partial charge on any atom is -0.338 e. The summed E-state index contributed by atoms with van der Waals surface area (Å²) in [5, 5.41) is 0. The number of amides is 1. The highest BCUT2D eigenvalue weighted by Gasteiger charge is 2.27. The fraction of sp³-hybridized carbons (Fsp3) is 0.278. The van der Waals surface area contributed by atoms with Gasteiger partial charge in [0.2, 0.25) is 5.95 Å². The molecule has 0 atom stereocenters. The summed E-state index contributed by atoms with van der Waals surface area (Å²) in [7, 11) is 0. The van der Waals surface area contributed by atoms with E-state index in [-0.39, 0.29) is 23.2 Å². The Kier molecular flexibility index (Phi) is 3.83. The molecule has 0 bridgehead atoms. The number of carbonyl (C=O) groups is 1. The molecule has 1 saturated heterocycles. The molecule has 1 aliphatic rings. The molecule has 0 spiro atoms. The van der Waals surface area contributed by atoms with Crippen LogP contribution in [-0.2, 0) is 0 Å². The second kappa shape index (κ2) is 6.16. The highest BCUT2D eigenvalue weighted by atomic mass is 19.1. The van der Waals surface area contributed by atoms with Gasteiger partial charge in [-0.05, 0) is 37.1 Å². The van der Waals surface area contributed by atoms with Crippen LogP contribution in [0.3, 0.4) is 0 Å². The summed E-state index contributed by atoms with van der Waals surface area (Å²) in [5.41, 5.74) is 1.54. The van der Waals surface area contributed by atoms with Crippen LogP contribution in [0.2, 0.25) is 0 Å². The predicted molar refractivity (Wildman–Crippen MR) is 90.9 cm³/mol. The molecule has 1 aliphatic heterocycles. The van der Waals surface area contributed by atoms with Gasteiger partial charge in [0.05, 0.1) is 16.6 Å². The molecule has 1 N–H and O–H groups in total. The van der Waals surface area contributed by atoms with E-state index in [1.807, 2.05) is 24.3 Å². The number of benzene rings is 1. The van der Waals surface area contributed by atoms with E-state index in [0.717, 1.165) is 11.0 Å². The summed E-state index contributed by atoms with van der Waals surface area (Å²) < 4.78 is 15.5. The van der Waals surface area contributed by atoms with Crippen LogP contribution in [0, 0.1) is 5.95 Å². The first-order valence-corrected chi connectivity index (χ1v) is 8.24. The fourth-order valence-corrected chi connectivity index (χ4v) is 3.48. The molecule has 0 saturated carbocycles. The zero-order valence-electron chi connectivity index (χ0n) is 13.5. The first-order valence-electron chi connectivity index (χ1n) is 8.24. The van der Waals surface area contributed by atoms with Crippen LogP contribution in [0.1, 0.15) is 29.2 Å². The monoisotopic (exact) mass is 340 g/mol. The highest BCUT2D eigenvalue weighted by Crippen LogP contribution is 2.25. The molecule has 0 radical (unpaired) electrons. The highest BCUT2D eigenvalue weighted by molar-refractivity contribution is 5.94. The number of H-pyrrole nitrogens is 1. The Balaban J connectivity index is 1.54. The van der Waals surface area contributed by atoms with Gasteiger partial charge < -0.3 is 9.88 Å². The number of aromatic amines is 1. The number of nitrogens with one attached hydrogen (secondary N) is 1. The van der Waals surface area contributed by atoms with Crippen molar-refractivity contribution in [3.05, 3.63) is 64.6 Å². The maximum absolute atomic E-state index is 13.7. The average Bonchev–Trinajstić information content (AvgIpc) is 2.97. The van der Waals surface area contributed by atoms with Gasteiger partial charge in [-0.2, -0.15) is 4.39 Å². The van der Waals surface area contributed by atoms with Gasteiger partial charge in [-0.1, -0.05) is 12.1 Å². The summed E-state index contributed by atoms with van der Waals surface area (Å²) >= 11 is 0. The number of aromatic nitrogens is 3. The smallest absolute Gasteiger partial charge is 0.326 e. The molecule has 3 aromatic rings. The first kappa shape index (κ1) is 15.6. The normalized spacial score (nSPS) is 15.6. The number of piperidine rings is 1. The summed E-state index contributed by atoms with van der Waals surface area (Å²) in [6.07, 6.45) is 2.62. The predicted octanol–water partition coefficient (Wildman–Crippen LogP) is 2.34. The summed E-state index contributed by atoms with van der Waals surface area (Å²) in [5.74, 6) is -1.10. The third kappa shape index (κ3) is 2.71. The summed E-state index contributed by atoms with van der Waals surface area (Å²) in [4.78, 5) is 32.8. The van der Waals surface area contributed by atoms with Crippen molar-refractivity contribution in [1.82, 2.24) is 19.4 Å². The van der Waals surface area contributed by atoms with E-state index in [9.17, 15) is 14.0 Å². The van der Waals surface area contributed by atoms with Crippen LogP contribution < -0.4 is 5.69 Å². The molecular weight excluding hydrogens is 323 g/mol. The lowest BCUT2D eigenvalue weighted by atomic mass is 10.0. The minimum absolute atomic E-state index is 0.00906. The molecule has 1 fully saturated rings. The van der Waals surface area contributed by atoms with Crippen LogP contribution in [0.15, 0.2) is 47.4 Å². The molecule has 6 nitrogen and oxygen atoms in total. The van der Waals surface area contributed by atoms with Crippen molar-refractivity contribution in [3.63, 3.8) is 0 Å². The van der Waals surface area contributed by atoms with Gasteiger partial charge in [0.25, 0.3) is 5.91 Å². The Morgan fingerprint density at radius 1 is 1.16 bits per heavy atom. The Labute approximate surface area is 142 Å². The van der Waals surface area contributed by atoms with Crippen molar-refractivity contribution >= 4 is 16.9 Å². The zero-order chi connectivity index (χ0) is 17.4. The molecule has 0 aliphatic carbocycles. The van der Waals surface area contributed by atoms with Crippen LogP contribution in [0.4, 0.5) is 4.39 Å². The number of carbonyl (C=O) groups excluding carboxylic acids is 1. The molecule has 4 rings (SSSR count). The fourth-order valence-electron chi connectivity index (χ4n) is 3.48. The van der Waals surface area contributed by atoms with Crippen molar-refractivity contribution in [2.24, 2.45) is 0 Å². The Bertz CT molecular complexity index is 986. The number of rotatable bonds is 2. The van der Waals surface area contributed by atoms with Gasteiger partial charge >= 0.3 is 5.69 Å². The van der Waals surface area contributed by atoms with E-state index in [1.54, 1.807) is 15.5 Å². The minimum atomic E-state index is -0.748. The second-order valence-corrected chi connectivity index (χ2v) is 6.18. The van der Waals surface area contributed by atoms with Crippen molar-refractivity contribution in [2.75, 3.05) is 13.1 Å². The van der Waals surface area contributed by atoms with Gasteiger partial charge in [0.15, 0.2) is 0 Å². The Hall–Kier alpha value is -2.96. The van der Waals surface area contributed by atoms with E-state index in [2.05, 4.69) is 9.97 Å². The average molecular weight is 340 g/mol. The van der Waals surface area contributed by atoms with Gasteiger partial charge in [-0.25, -0.2) is 9.78 Å². The number of imidazole rings is 1. The van der Waals surface area contributed by atoms with E-state index >= 15 is 0 Å². The van der Waals surface area contributed by atoms with Crippen molar-refractivity contribution in [3.8, 4) is 0 Å². The lowest BCUT2D eigenvalue weighted by Crippen LogP contribution is -2.40. The number of nitrogens with zero attached hydrogens (tertiary/aromatic N) is 3. The number of likely N-dealkylation sites (tertiary alicyclic amines) is 1. The van der Waals surface area contributed by atoms with E-state index in [1.165, 1.54) is 12.3 Å². The summed E-state index contributed by atoms with van der Waals surface area (Å²) in [6, 6.07) is 10.6. The number of fused-ring (bicyclic) bond motifs is 1. The first-order chi connectivity index (χ1) is 12.1. The van der Waals surface area contributed by atoms with Crippen molar-refractivity contribution in [2.45, 2.75) is 18.9 Å². The maximum atomic E-state index is 13.7. The Morgan fingerprint density at radius 2 is 1.92 bits per heavy atom. The van der Waals surface area contributed by atoms with Crippen LogP contribution in [0.5, 0.6) is 0 Å². The third-order valence-electron chi connectivity index (χ3n) is 4.73. The third-order valence-corrected chi connectivity index (χ3v) is 4.73. The molecular formula is C18H17FN4O2. The topological polar surface area (TPSA) is 71.0 Å². The van der Waals surface area contributed by atoms with Crippen LogP contribution in [0.25, 0.3) is 11.0 Å². The van der Waals surface area contributed by atoms with Crippen LogP contribution in [-0.4, -0.2) is 38.4 Å². The maximum Gasteiger partial charge on any atom is 0.326 e. The number of pyridine rings is 1. The molecule has 1 aromatic carbocycles. The van der Waals surface area contributed by atoms with Crippen LogP contribution >= 0.6 is 0 Å². The standard InChI is InChI=1S/C18H17FN4O2/c19-16-13(4-3-9-20-16)17(24)22-10-7-12(8-11-22)23-15-6-2-1-5-14(15)21-18(23)25/h1-6,9,12H,7-8,10-11H2,(H,21,25). The number of halogens is 1. The molecule has 0 unspecified atom stereocenters. The molecule has 1 amide bonds. The lowest BCUT2D eigenvalue weighted by molar-refractivity contribution is 0.0689. The van der Waals surface area contributed by atoms with Gasteiger partial charge in [-0.3, -0.25) is 9.36 Å². The quantitative estimate of drug-likeness (QED) is 0.728. The van der Waals surface area contributed by atoms with E-state index in [4.69, 9.17) is 0 Å². The second-order valence-electron chi connectivity index (χ2n) is 6.18. The van der Waals surface area contributed by atoms with Gasteiger partial charge in [0, 0.05) is 25.3 Å². The number of para-hydroxylation sites is 2. The van der Waals surface area contributed by atoms with E-state index in [0.29, 0.717) is 25.9 Å². The van der Waals surface area contributed by atoms with Crippen molar-refractivity contribution in [1.29, 1.82) is 0 Å². The molecule has 7 heteroatoms. The number of hydrogen-bond donors (Lipinski definition) is 1. The van der Waals surface area contributed by atoms with E-state index < -0.39 is 5.95 Å².